The highest BCUT2D eigenvalue weighted by molar-refractivity contribution is 4.91. The van der Waals surface area contributed by atoms with E-state index in [1.54, 1.807) is 6.92 Å². The van der Waals surface area contributed by atoms with E-state index in [-0.39, 0.29) is 12.5 Å². The molecule has 0 aromatic carbocycles. The number of hydrogen-bond acceptors (Lipinski definition) is 5. The van der Waals surface area contributed by atoms with Gasteiger partial charge in [-0.1, -0.05) is 6.92 Å². The SMILES string of the molecule is C[C@H]1[C@@H](O)[C@H](n2ccc(=O)[nH]c2=O)O[C@@H]1CO. The Hall–Kier alpha value is -1.44. The molecular weight excluding hydrogens is 228 g/mol. The van der Waals surface area contributed by atoms with Gasteiger partial charge in [-0.15, -0.1) is 0 Å². The molecule has 0 unspecified atom stereocenters. The standard InChI is InChI=1S/C10H14N2O5/c1-5-6(4-13)17-9(8(5)15)12-3-2-7(14)11-10(12)16/h2-3,5-6,8-9,13,15H,4H2,1H3,(H,11,14,16)/t5-,6-,8-,9-/m1/s1. The van der Waals surface area contributed by atoms with E-state index in [1.165, 1.54) is 12.3 Å². The van der Waals surface area contributed by atoms with E-state index in [2.05, 4.69) is 4.98 Å². The average Bonchev–Trinajstić information content (AvgIpc) is 2.57. The van der Waals surface area contributed by atoms with Gasteiger partial charge in [0.2, 0.25) is 0 Å². The van der Waals surface area contributed by atoms with Gasteiger partial charge < -0.3 is 14.9 Å². The van der Waals surface area contributed by atoms with E-state index >= 15 is 0 Å². The molecule has 0 radical (unpaired) electrons. The Morgan fingerprint density at radius 1 is 1.53 bits per heavy atom. The number of aliphatic hydroxyl groups is 2. The molecule has 94 valence electrons. The maximum Gasteiger partial charge on any atom is 0.330 e. The second-order valence-corrected chi connectivity index (χ2v) is 4.11. The Kier molecular flexibility index (Phi) is 3.14. The Morgan fingerprint density at radius 3 is 2.76 bits per heavy atom. The van der Waals surface area contributed by atoms with Crippen molar-refractivity contribution in [2.75, 3.05) is 6.61 Å². The number of hydrogen-bond donors (Lipinski definition) is 3. The van der Waals surface area contributed by atoms with Gasteiger partial charge in [-0.2, -0.15) is 0 Å². The van der Waals surface area contributed by atoms with Crippen molar-refractivity contribution in [1.29, 1.82) is 0 Å². The van der Waals surface area contributed by atoms with Crippen LogP contribution in [-0.2, 0) is 4.74 Å². The first kappa shape index (κ1) is 12.0. The van der Waals surface area contributed by atoms with Crippen LogP contribution in [0.1, 0.15) is 13.2 Å². The molecule has 1 aliphatic heterocycles. The molecule has 17 heavy (non-hydrogen) atoms. The molecule has 4 atom stereocenters. The molecule has 1 fully saturated rings. The maximum absolute atomic E-state index is 11.5. The smallest absolute Gasteiger partial charge is 0.330 e. The van der Waals surface area contributed by atoms with E-state index in [0.717, 1.165) is 4.57 Å². The third-order valence-corrected chi connectivity index (χ3v) is 3.04. The molecule has 2 heterocycles. The summed E-state index contributed by atoms with van der Waals surface area (Å²) in [7, 11) is 0. The van der Waals surface area contributed by atoms with Crippen molar-refractivity contribution < 1.29 is 14.9 Å². The van der Waals surface area contributed by atoms with Crippen molar-refractivity contribution in [3.05, 3.63) is 33.1 Å². The quantitative estimate of drug-likeness (QED) is 0.580. The monoisotopic (exact) mass is 242 g/mol. The van der Waals surface area contributed by atoms with E-state index in [9.17, 15) is 14.7 Å². The van der Waals surface area contributed by atoms with E-state index in [0.29, 0.717) is 0 Å². The zero-order valence-corrected chi connectivity index (χ0v) is 9.24. The first-order valence-corrected chi connectivity index (χ1v) is 5.30. The van der Waals surface area contributed by atoms with Crippen molar-refractivity contribution in [3.8, 4) is 0 Å². The van der Waals surface area contributed by atoms with Crippen LogP contribution in [0.4, 0.5) is 0 Å². The molecule has 0 aliphatic carbocycles. The van der Waals surface area contributed by atoms with Crippen LogP contribution in [-0.4, -0.2) is 38.6 Å². The molecular formula is C10H14N2O5. The number of aliphatic hydroxyl groups excluding tert-OH is 2. The number of ether oxygens (including phenoxy) is 1. The number of H-pyrrole nitrogens is 1. The summed E-state index contributed by atoms with van der Waals surface area (Å²) in [6.07, 6.45) is -1.04. The second-order valence-electron chi connectivity index (χ2n) is 4.11. The van der Waals surface area contributed by atoms with Gasteiger partial charge in [0.15, 0.2) is 6.23 Å². The summed E-state index contributed by atoms with van der Waals surface area (Å²) >= 11 is 0. The zero-order valence-electron chi connectivity index (χ0n) is 9.24. The van der Waals surface area contributed by atoms with Crippen molar-refractivity contribution in [3.63, 3.8) is 0 Å². The summed E-state index contributed by atoms with van der Waals surface area (Å²) in [4.78, 5) is 24.5. The summed E-state index contributed by atoms with van der Waals surface area (Å²) < 4.78 is 6.49. The Bertz CT molecular complexity index is 508. The lowest BCUT2D eigenvalue weighted by molar-refractivity contribution is -0.0534. The highest BCUT2D eigenvalue weighted by atomic mass is 16.5. The minimum atomic E-state index is -0.907. The fraction of sp³-hybridized carbons (Fsp3) is 0.600. The largest absolute Gasteiger partial charge is 0.394 e. The van der Waals surface area contributed by atoms with Crippen LogP contribution in [0.15, 0.2) is 21.9 Å². The van der Waals surface area contributed by atoms with Gasteiger partial charge in [-0.3, -0.25) is 14.3 Å². The number of rotatable bonds is 2. The van der Waals surface area contributed by atoms with E-state index < -0.39 is 29.7 Å². The van der Waals surface area contributed by atoms with Gasteiger partial charge in [0.25, 0.3) is 5.56 Å². The van der Waals surface area contributed by atoms with E-state index in [4.69, 9.17) is 9.84 Å². The normalized spacial score (nSPS) is 32.9. The van der Waals surface area contributed by atoms with Crippen molar-refractivity contribution in [1.82, 2.24) is 9.55 Å². The molecule has 2 rings (SSSR count). The Labute approximate surface area is 96.3 Å². The third kappa shape index (κ3) is 2.04. The van der Waals surface area contributed by atoms with Crippen LogP contribution in [0.5, 0.6) is 0 Å². The summed E-state index contributed by atoms with van der Waals surface area (Å²) in [5.74, 6) is -0.288. The van der Waals surface area contributed by atoms with Crippen LogP contribution < -0.4 is 11.2 Å². The molecule has 3 N–H and O–H groups in total. The number of aromatic amines is 1. The summed E-state index contributed by atoms with van der Waals surface area (Å²) in [5.41, 5.74) is -1.15. The van der Waals surface area contributed by atoms with Gasteiger partial charge >= 0.3 is 5.69 Å². The highest BCUT2D eigenvalue weighted by Crippen LogP contribution is 2.32. The molecule has 0 amide bonds. The zero-order chi connectivity index (χ0) is 12.6. The van der Waals surface area contributed by atoms with Crippen LogP contribution in [0, 0.1) is 5.92 Å². The van der Waals surface area contributed by atoms with Crippen molar-refractivity contribution in [2.24, 2.45) is 5.92 Å². The Morgan fingerprint density at radius 2 is 2.24 bits per heavy atom. The molecule has 0 bridgehead atoms. The number of nitrogens with zero attached hydrogens (tertiary/aromatic N) is 1. The Balaban J connectivity index is 2.35. The topological polar surface area (TPSA) is 105 Å². The van der Waals surface area contributed by atoms with Gasteiger partial charge in [0, 0.05) is 18.2 Å². The number of nitrogens with one attached hydrogen (secondary N) is 1. The molecule has 7 nitrogen and oxygen atoms in total. The van der Waals surface area contributed by atoms with Crippen LogP contribution in [0.25, 0.3) is 0 Å². The lowest BCUT2D eigenvalue weighted by atomic mass is 10.0. The van der Waals surface area contributed by atoms with Crippen LogP contribution in [0.3, 0.4) is 0 Å². The predicted octanol–water partition coefficient (Wildman–Crippen LogP) is -1.58. The van der Waals surface area contributed by atoms with Gasteiger partial charge in [-0.25, -0.2) is 4.79 Å². The molecule has 0 saturated carbocycles. The van der Waals surface area contributed by atoms with Gasteiger partial charge in [0.1, 0.15) is 6.10 Å². The summed E-state index contributed by atoms with van der Waals surface area (Å²) in [6.45, 7) is 1.50. The molecule has 1 aromatic heterocycles. The van der Waals surface area contributed by atoms with E-state index in [1.807, 2.05) is 0 Å². The summed E-state index contributed by atoms with van der Waals surface area (Å²) in [6, 6.07) is 1.18. The first-order valence-electron chi connectivity index (χ1n) is 5.30. The maximum atomic E-state index is 11.5. The lowest BCUT2D eigenvalue weighted by Crippen LogP contribution is -2.35. The van der Waals surface area contributed by atoms with Gasteiger partial charge in [0.05, 0.1) is 12.7 Å². The highest BCUT2D eigenvalue weighted by Gasteiger charge is 2.41. The van der Waals surface area contributed by atoms with Gasteiger partial charge in [-0.05, 0) is 0 Å². The second kappa shape index (κ2) is 4.44. The molecule has 0 spiro atoms. The number of aromatic nitrogens is 2. The molecule has 1 aliphatic rings. The molecule has 7 heteroatoms. The average molecular weight is 242 g/mol. The molecule has 1 saturated heterocycles. The fourth-order valence-electron chi connectivity index (χ4n) is 1.93. The third-order valence-electron chi connectivity index (χ3n) is 3.04. The van der Waals surface area contributed by atoms with Crippen LogP contribution >= 0.6 is 0 Å². The summed E-state index contributed by atoms with van der Waals surface area (Å²) in [5, 5.41) is 19.0. The minimum Gasteiger partial charge on any atom is -0.394 e. The molecule has 1 aromatic rings. The first-order chi connectivity index (χ1) is 8.04. The fourth-order valence-corrected chi connectivity index (χ4v) is 1.93. The predicted molar refractivity (Wildman–Crippen MR) is 57.5 cm³/mol. The lowest BCUT2D eigenvalue weighted by Gasteiger charge is -2.17. The minimum absolute atomic E-state index is 0.229. The van der Waals surface area contributed by atoms with Crippen LogP contribution in [0.2, 0.25) is 0 Å². The van der Waals surface area contributed by atoms with Crippen molar-refractivity contribution in [2.45, 2.75) is 25.4 Å². The van der Waals surface area contributed by atoms with Crippen molar-refractivity contribution >= 4 is 0 Å².